The van der Waals surface area contributed by atoms with Gasteiger partial charge < -0.3 is 5.11 Å². The van der Waals surface area contributed by atoms with Crippen LogP contribution in [0.25, 0.3) is 0 Å². The Kier molecular flexibility index (Phi) is 4.13. The highest BCUT2D eigenvalue weighted by Gasteiger charge is 2.29. The van der Waals surface area contributed by atoms with E-state index >= 15 is 0 Å². The maximum absolute atomic E-state index is 10.1. The fourth-order valence-corrected chi connectivity index (χ4v) is 2.06. The molecule has 1 aliphatic rings. The van der Waals surface area contributed by atoms with Gasteiger partial charge in [0.05, 0.1) is 12.2 Å². The van der Waals surface area contributed by atoms with Crippen molar-refractivity contribution in [1.29, 1.82) is 5.26 Å². The first-order valence-corrected chi connectivity index (χ1v) is 6.15. The summed E-state index contributed by atoms with van der Waals surface area (Å²) in [4.78, 5) is 2.24. The van der Waals surface area contributed by atoms with Crippen LogP contribution in [0.3, 0.4) is 0 Å². The normalized spacial score (nSPS) is 16.8. The summed E-state index contributed by atoms with van der Waals surface area (Å²) in [5, 5.41) is 18.8. The van der Waals surface area contributed by atoms with Crippen molar-refractivity contribution in [3.05, 3.63) is 35.9 Å². The van der Waals surface area contributed by atoms with E-state index in [9.17, 15) is 5.11 Å². The Bertz CT molecular complexity index is 381. The molecule has 3 heteroatoms. The van der Waals surface area contributed by atoms with Gasteiger partial charge >= 0.3 is 0 Å². The van der Waals surface area contributed by atoms with Gasteiger partial charge in [0.2, 0.25) is 0 Å². The molecule has 0 bridgehead atoms. The van der Waals surface area contributed by atoms with Crippen molar-refractivity contribution in [2.45, 2.75) is 31.4 Å². The molecule has 1 aromatic carbocycles. The zero-order chi connectivity index (χ0) is 12.1. The predicted molar refractivity (Wildman–Crippen MR) is 66.2 cm³/mol. The number of aliphatic hydroxyl groups excluding tert-OH is 1. The van der Waals surface area contributed by atoms with Crippen LogP contribution in [0.5, 0.6) is 0 Å². The van der Waals surface area contributed by atoms with Gasteiger partial charge in [0, 0.05) is 25.6 Å². The summed E-state index contributed by atoms with van der Waals surface area (Å²) in [6.07, 6.45) is 2.49. The fourth-order valence-electron chi connectivity index (χ4n) is 2.06. The summed E-state index contributed by atoms with van der Waals surface area (Å²) in [7, 11) is 0. The lowest BCUT2D eigenvalue weighted by Gasteiger charge is -2.24. The van der Waals surface area contributed by atoms with Crippen molar-refractivity contribution in [3.8, 4) is 6.07 Å². The topological polar surface area (TPSA) is 47.3 Å². The average Bonchev–Trinajstić information content (AvgIpc) is 3.19. The molecule has 2 rings (SSSR count). The molecule has 90 valence electrons. The molecule has 1 aromatic rings. The summed E-state index contributed by atoms with van der Waals surface area (Å²) < 4.78 is 0. The summed E-state index contributed by atoms with van der Waals surface area (Å²) in [5.74, 6) is 0. The van der Waals surface area contributed by atoms with Gasteiger partial charge in [-0.15, -0.1) is 0 Å². The van der Waals surface area contributed by atoms with E-state index < -0.39 is 6.10 Å². The Balaban J connectivity index is 1.91. The molecule has 3 nitrogen and oxygen atoms in total. The lowest BCUT2D eigenvalue weighted by molar-refractivity contribution is 0.110. The molecule has 1 aliphatic carbocycles. The predicted octanol–water partition coefficient (Wildman–Crippen LogP) is 2.10. The summed E-state index contributed by atoms with van der Waals surface area (Å²) >= 11 is 0. The molecule has 1 saturated carbocycles. The minimum absolute atomic E-state index is 0.449. The number of hydrogen-bond donors (Lipinski definition) is 1. The number of nitriles is 1. The molecule has 1 fully saturated rings. The van der Waals surface area contributed by atoms with E-state index in [0.717, 1.165) is 12.1 Å². The molecule has 0 aliphatic heterocycles. The van der Waals surface area contributed by atoms with Crippen molar-refractivity contribution >= 4 is 0 Å². The van der Waals surface area contributed by atoms with Crippen LogP contribution in [0.2, 0.25) is 0 Å². The monoisotopic (exact) mass is 230 g/mol. The first kappa shape index (κ1) is 12.1. The first-order chi connectivity index (χ1) is 8.31. The molecular weight excluding hydrogens is 212 g/mol. The number of nitrogens with zero attached hydrogens (tertiary/aromatic N) is 2. The highest BCUT2D eigenvalue weighted by atomic mass is 16.3. The van der Waals surface area contributed by atoms with Crippen LogP contribution in [0.4, 0.5) is 0 Å². The van der Waals surface area contributed by atoms with Crippen LogP contribution in [0.1, 0.15) is 30.9 Å². The molecule has 0 saturated heterocycles. The van der Waals surface area contributed by atoms with E-state index in [1.54, 1.807) is 0 Å². The number of rotatable bonds is 6. The van der Waals surface area contributed by atoms with Crippen LogP contribution >= 0.6 is 0 Å². The van der Waals surface area contributed by atoms with Crippen LogP contribution < -0.4 is 0 Å². The van der Waals surface area contributed by atoms with Gasteiger partial charge in [0.25, 0.3) is 0 Å². The van der Waals surface area contributed by atoms with Gasteiger partial charge in [-0.3, -0.25) is 4.90 Å². The number of benzene rings is 1. The van der Waals surface area contributed by atoms with Crippen molar-refractivity contribution in [3.63, 3.8) is 0 Å². The molecule has 1 N–H and O–H groups in total. The van der Waals surface area contributed by atoms with Crippen LogP contribution in [-0.2, 0) is 0 Å². The third kappa shape index (κ3) is 3.55. The molecule has 0 spiro atoms. The Hall–Kier alpha value is -1.37. The molecule has 0 heterocycles. The van der Waals surface area contributed by atoms with E-state index in [4.69, 9.17) is 5.26 Å². The summed E-state index contributed by atoms with van der Waals surface area (Å²) in [5.41, 5.74) is 0.954. The Morgan fingerprint density at radius 3 is 2.65 bits per heavy atom. The second-order valence-corrected chi connectivity index (χ2v) is 4.56. The minimum atomic E-state index is -0.449. The Labute approximate surface area is 102 Å². The zero-order valence-electron chi connectivity index (χ0n) is 9.92. The van der Waals surface area contributed by atoms with Gasteiger partial charge in [-0.05, 0) is 18.4 Å². The zero-order valence-corrected chi connectivity index (χ0v) is 9.92. The SMILES string of the molecule is N#CCCN(CC(O)c1ccccc1)C1CC1. The van der Waals surface area contributed by atoms with Gasteiger partial charge in [-0.1, -0.05) is 30.3 Å². The van der Waals surface area contributed by atoms with Crippen molar-refractivity contribution in [2.24, 2.45) is 0 Å². The van der Waals surface area contributed by atoms with Gasteiger partial charge in [-0.25, -0.2) is 0 Å². The summed E-state index contributed by atoms with van der Waals surface area (Å²) in [6.45, 7) is 1.40. The number of hydrogen-bond acceptors (Lipinski definition) is 3. The van der Waals surface area contributed by atoms with E-state index in [2.05, 4.69) is 11.0 Å². The molecule has 1 atom stereocenters. The quantitative estimate of drug-likeness (QED) is 0.814. The second-order valence-electron chi connectivity index (χ2n) is 4.56. The van der Waals surface area contributed by atoms with E-state index in [1.807, 2.05) is 30.3 Å². The lowest BCUT2D eigenvalue weighted by Crippen LogP contribution is -2.31. The standard InChI is InChI=1S/C14H18N2O/c15-9-4-10-16(13-7-8-13)11-14(17)12-5-2-1-3-6-12/h1-3,5-6,13-14,17H,4,7-8,10-11H2. The van der Waals surface area contributed by atoms with E-state index in [-0.39, 0.29) is 0 Å². The van der Waals surface area contributed by atoms with Gasteiger partial charge in [0.15, 0.2) is 0 Å². The first-order valence-electron chi connectivity index (χ1n) is 6.15. The molecule has 0 aromatic heterocycles. The highest BCUT2D eigenvalue weighted by molar-refractivity contribution is 5.17. The van der Waals surface area contributed by atoms with Gasteiger partial charge in [-0.2, -0.15) is 5.26 Å². The van der Waals surface area contributed by atoms with Crippen molar-refractivity contribution in [1.82, 2.24) is 4.90 Å². The molecule has 1 unspecified atom stereocenters. The van der Waals surface area contributed by atoms with E-state index in [1.165, 1.54) is 12.8 Å². The summed E-state index contributed by atoms with van der Waals surface area (Å²) in [6, 6.07) is 12.5. The molecular formula is C14H18N2O. The van der Waals surface area contributed by atoms with Crippen LogP contribution in [0.15, 0.2) is 30.3 Å². The maximum Gasteiger partial charge on any atom is 0.0917 e. The second kappa shape index (κ2) is 5.81. The number of aliphatic hydroxyl groups is 1. The smallest absolute Gasteiger partial charge is 0.0917 e. The molecule has 0 radical (unpaired) electrons. The van der Waals surface area contributed by atoms with Crippen LogP contribution in [-0.4, -0.2) is 29.1 Å². The maximum atomic E-state index is 10.1. The van der Waals surface area contributed by atoms with Crippen molar-refractivity contribution < 1.29 is 5.11 Å². The van der Waals surface area contributed by atoms with E-state index in [0.29, 0.717) is 19.0 Å². The van der Waals surface area contributed by atoms with Crippen LogP contribution in [0, 0.1) is 11.3 Å². The third-order valence-electron chi connectivity index (χ3n) is 3.17. The third-order valence-corrected chi connectivity index (χ3v) is 3.17. The lowest BCUT2D eigenvalue weighted by atomic mass is 10.1. The largest absolute Gasteiger partial charge is 0.387 e. The minimum Gasteiger partial charge on any atom is -0.387 e. The average molecular weight is 230 g/mol. The molecule has 17 heavy (non-hydrogen) atoms. The highest BCUT2D eigenvalue weighted by Crippen LogP contribution is 2.28. The Morgan fingerprint density at radius 2 is 2.06 bits per heavy atom. The fraction of sp³-hybridized carbons (Fsp3) is 0.500. The van der Waals surface area contributed by atoms with Crippen molar-refractivity contribution in [2.75, 3.05) is 13.1 Å². The molecule has 0 amide bonds. The van der Waals surface area contributed by atoms with Gasteiger partial charge in [0.1, 0.15) is 0 Å². The Morgan fingerprint density at radius 1 is 1.35 bits per heavy atom.